The van der Waals surface area contributed by atoms with Crippen molar-refractivity contribution in [2.75, 3.05) is 25.6 Å². The fraction of sp³-hybridized carbons (Fsp3) is 0.385. The first-order valence-electron chi connectivity index (χ1n) is 6.09. The molecule has 1 aromatic rings. The molecule has 0 spiro atoms. The van der Waals surface area contributed by atoms with E-state index < -0.39 is 6.04 Å². The molecule has 1 rings (SSSR count). The fourth-order valence-corrected chi connectivity index (χ4v) is 1.66. The number of carbonyl (C=O) groups excluding carboxylic acids is 2. The Morgan fingerprint density at radius 2 is 2.10 bits per heavy atom. The van der Waals surface area contributed by atoms with Gasteiger partial charge in [0.15, 0.2) is 0 Å². The van der Waals surface area contributed by atoms with Crippen LogP contribution < -0.4 is 16.4 Å². The Morgan fingerprint density at radius 1 is 1.43 bits per heavy atom. The van der Waals surface area contributed by atoms with Gasteiger partial charge in [0, 0.05) is 19.3 Å². The summed E-state index contributed by atoms with van der Waals surface area (Å²) in [4.78, 5) is 23.3. The number of halogens is 2. The van der Waals surface area contributed by atoms with Gasteiger partial charge in [-0.3, -0.25) is 9.59 Å². The van der Waals surface area contributed by atoms with Gasteiger partial charge in [0.25, 0.3) is 5.91 Å². The molecule has 0 aliphatic rings. The molecule has 0 saturated heterocycles. The van der Waals surface area contributed by atoms with Crippen molar-refractivity contribution >= 4 is 41.5 Å². The molecule has 0 unspecified atom stereocenters. The molecule has 0 saturated carbocycles. The van der Waals surface area contributed by atoms with Gasteiger partial charge in [0.1, 0.15) is 0 Å². The molecule has 0 aromatic heterocycles. The second-order valence-electron chi connectivity index (χ2n) is 4.22. The van der Waals surface area contributed by atoms with Crippen LogP contribution in [-0.4, -0.2) is 38.1 Å². The number of hydrogen-bond acceptors (Lipinski definition) is 4. The average molecular weight is 336 g/mol. The Labute approximate surface area is 134 Å². The highest BCUT2D eigenvalue weighted by Gasteiger charge is 2.12. The maximum absolute atomic E-state index is 11.8. The van der Waals surface area contributed by atoms with Crippen LogP contribution in [-0.2, 0) is 9.53 Å². The molecule has 118 valence electrons. The van der Waals surface area contributed by atoms with E-state index in [1.54, 1.807) is 26.2 Å². The van der Waals surface area contributed by atoms with Crippen molar-refractivity contribution < 1.29 is 14.3 Å². The molecule has 1 atom stereocenters. The van der Waals surface area contributed by atoms with Crippen molar-refractivity contribution in [1.29, 1.82) is 0 Å². The summed E-state index contributed by atoms with van der Waals surface area (Å²) >= 11 is 6.03. The molecule has 6 nitrogen and oxygen atoms in total. The molecule has 8 heteroatoms. The maximum atomic E-state index is 11.8. The van der Waals surface area contributed by atoms with Crippen molar-refractivity contribution in [3.8, 4) is 0 Å². The Balaban J connectivity index is 0.00000400. The van der Waals surface area contributed by atoms with Crippen LogP contribution in [0.4, 0.5) is 5.69 Å². The minimum Gasteiger partial charge on any atom is -0.383 e. The van der Waals surface area contributed by atoms with E-state index in [-0.39, 0.29) is 29.2 Å². The Hall–Kier alpha value is -1.34. The zero-order valence-electron chi connectivity index (χ0n) is 11.8. The highest BCUT2D eigenvalue weighted by Crippen LogP contribution is 2.21. The fourth-order valence-electron chi connectivity index (χ4n) is 1.39. The first kappa shape index (κ1) is 19.7. The molecule has 0 aliphatic carbocycles. The number of hydrogen-bond donors (Lipinski definition) is 3. The number of amides is 2. The lowest BCUT2D eigenvalue weighted by molar-refractivity contribution is -0.117. The Morgan fingerprint density at radius 3 is 2.62 bits per heavy atom. The van der Waals surface area contributed by atoms with Gasteiger partial charge in [-0.05, 0) is 25.1 Å². The molecule has 1 aromatic carbocycles. The summed E-state index contributed by atoms with van der Waals surface area (Å²) in [6.07, 6.45) is 0. The van der Waals surface area contributed by atoms with Gasteiger partial charge in [0.2, 0.25) is 5.91 Å². The standard InChI is InChI=1S/C13H18ClN3O3.ClH/c1-8(15)12(18)17-9-3-4-10(11(14)7-9)13(19)16-5-6-20-2;/h3-4,7-8H,5-6,15H2,1-2H3,(H,16,19)(H,17,18);1H/t8-;/m0./s1. The van der Waals surface area contributed by atoms with Crippen molar-refractivity contribution in [1.82, 2.24) is 5.32 Å². The van der Waals surface area contributed by atoms with Crippen molar-refractivity contribution in [2.45, 2.75) is 13.0 Å². The molecule has 0 bridgehead atoms. The second kappa shape index (κ2) is 9.57. The lowest BCUT2D eigenvalue weighted by Gasteiger charge is -2.10. The van der Waals surface area contributed by atoms with Gasteiger partial charge in [0.05, 0.1) is 23.2 Å². The van der Waals surface area contributed by atoms with E-state index in [9.17, 15) is 9.59 Å². The summed E-state index contributed by atoms with van der Waals surface area (Å²) in [5.74, 6) is -0.615. The van der Waals surface area contributed by atoms with E-state index in [0.717, 1.165) is 0 Å². The van der Waals surface area contributed by atoms with E-state index in [1.807, 2.05) is 0 Å². The zero-order valence-corrected chi connectivity index (χ0v) is 13.4. The summed E-state index contributed by atoms with van der Waals surface area (Å²) in [7, 11) is 1.55. The van der Waals surface area contributed by atoms with Crippen LogP contribution in [0.2, 0.25) is 5.02 Å². The van der Waals surface area contributed by atoms with Crippen LogP contribution in [0.3, 0.4) is 0 Å². The minimum atomic E-state index is -0.620. The lowest BCUT2D eigenvalue weighted by atomic mass is 10.2. The van der Waals surface area contributed by atoms with Crippen LogP contribution >= 0.6 is 24.0 Å². The number of rotatable bonds is 6. The van der Waals surface area contributed by atoms with Gasteiger partial charge < -0.3 is 21.1 Å². The van der Waals surface area contributed by atoms with Crippen molar-refractivity contribution in [3.05, 3.63) is 28.8 Å². The normalized spacial score (nSPS) is 11.2. The predicted octanol–water partition coefficient (Wildman–Crippen LogP) is 1.42. The number of ether oxygens (including phenoxy) is 1. The molecule has 4 N–H and O–H groups in total. The second-order valence-corrected chi connectivity index (χ2v) is 4.63. The van der Waals surface area contributed by atoms with Gasteiger partial charge >= 0.3 is 0 Å². The predicted molar refractivity (Wildman–Crippen MR) is 85.2 cm³/mol. The zero-order chi connectivity index (χ0) is 15.1. The van der Waals surface area contributed by atoms with Gasteiger partial charge in [-0.25, -0.2) is 0 Å². The van der Waals surface area contributed by atoms with E-state index in [0.29, 0.717) is 24.4 Å². The Bertz CT molecular complexity index is 496. The number of benzene rings is 1. The summed E-state index contributed by atoms with van der Waals surface area (Å²) in [6.45, 7) is 2.40. The monoisotopic (exact) mass is 335 g/mol. The quantitative estimate of drug-likeness (QED) is 0.685. The molecule has 2 amide bonds. The third kappa shape index (κ3) is 6.31. The SMILES string of the molecule is COCCNC(=O)c1ccc(NC(=O)[C@H](C)N)cc1Cl.Cl. The number of nitrogens with one attached hydrogen (secondary N) is 2. The van der Waals surface area contributed by atoms with Crippen LogP contribution in [0, 0.1) is 0 Å². The molecular formula is C13H19Cl2N3O3. The van der Waals surface area contributed by atoms with Crippen LogP contribution in [0.1, 0.15) is 17.3 Å². The van der Waals surface area contributed by atoms with Crippen LogP contribution in [0.5, 0.6) is 0 Å². The number of carbonyl (C=O) groups is 2. The topological polar surface area (TPSA) is 93.5 Å². The maximum Gasteiger partial charge on any atom is 0.252 e. The smallest absolute Gasteiger partial charge is 0.252 e. The highest BCUT2D eigenvalue weighted by molar-refractivity contribution is 6.34. The molecule has 0 radical (unpaired) electrons. The van der Waals surface area contributed by atoms with E-state index >= 15 is 0 Å². The first-order valence-corrected chi connectivity index (χ1v) is 6.46. The largest absolute Gasteiger partial charge is 0.383 e. The molecule has 21 heavy (non-hydrogen) atoms. The summed E-state index contributed by atoms with van der Waals surface area (Å²) < 4.78 is 4.84. The van der Waals surface area contributed by atoms with Crippen LogP contribution in [0.25, 0.3) is 0 Å². The van der Waals surface area contributed by atoms with E-state index in [1.165, 1.54) is 6.07 Å². The first-order chi connectivity index (χ1) is 9.45. The third-order valence-corrected chi connectivity index (χ3v) is 2.80. The molecular weight excluding hydrogens is 317 g/mol. The van der Waals surface area contributed by atoms with Gasteiger partial charge in [-0.1, -0.05) is 11.6 Å². The third-order valence-electron chi connectivity index (χ3n) is 2.49. The van der Waals surface area contributed by atoms with Crippen molar-refractivity contribution in [2.24, 2.45) is 5.73 Å². The summed E-state index contributed by atoms with van der Waals surface area (Å²) in [6, 6.07) is 4.02. The molecule has 0 heterocycles. The summed E-state index contributed by atoms with van der Waals surface area (Å²) in [5, 5.41) is 5.52. The average Bonchev–Trinajstić information content (AvgIpc) is 2.38. The summed E-state index contributed by atoms with van der Waals surface area (Å²) in [5.41, 5.74) is 6.27. The van der Waals surface area contributed by atoms with E-state index in [2.05, 4.69) is 10.6 Å². The van der Waals surface area contributed by atoms with E-state index in [4.69, 9.17) is 22.1 Å². The Kier molecular flexibility index (Phi) is 8.96. The van der Waals surface area contributed by atoms with Crippen LogP contribution in [0.15, 0.2) is 18.2 Å². The highest BCUT2D eigenvalue weighted by atomic mass is 35.5. The van der Waals surface area contributed by atoms with Crippen molar-refractivity contribution in [3.63, 3.8) is 0 Å². The molecule has 0 aliphatic heterocycles. The van der Waals surface area contributed by atoms with Gasteiger partial charge in [-0.15, -0.1) is 12.4 Å². The van der Waals surface area contributed by atoms with Gasteiger partial charge in [-0.2, -0.15) is 0 Å². The minimum absolute atomic E-state index is 0. The number of anilines is 1. The number of nitrogens with two attached hydrogens (primary N) is 1. The number of methoxy groups -OCH3 is 1. The molecule has 0 fully saturated rings. The lowest BCUT2D eigenvalue weighted by Crippen LogP contribution is -2.32.